The van der Waals surface area contributed by atoms with E-state index in [1.54, 1.807) is 52.3 Å². The molecule has 9 aromatic rings. The number of alkyl halides is 2. The lowest BCUT2D eigenvalue weighted by Gasteiger charge is -2.27. The van der Waals surface area contributed by atoms with Crippen LogP contribution in [0.1, 0.15) is 59.4 Å². The van der Waals surface area contributed by atoms with Crippen molar-refractivity contribution in [3.8, 4) is 28.1 Å². The zero-order chi connectivity index (χ0) is 54.2. The molecule has 288 valence electrons. The summed E-state index contributed by atoms with van der Waals surface area (Å²) in [7, 11) is 0. The Labute approximate surface area is 365 Å². The van der Waals surface area contributed by atoms with Crippen molar-refractivity contribution in [2.45, 2.75) is 32.1 Å². The average Bonchev–Trinajstić information content (AvgIpc) is 3.95. The first kappa shape index (κ1) is 22.8. The van der Waals surface area contributed by atoms with Crippen molar-refractivity contribution in [3.05, 3.63) is 204 Å². The summed E-state index contributed by atoms with van der Waals surface area (Å²) in [5.41, 5.74) is -0.642. The van der Waals surface area contributed by atoms with Gasteiger partial charge in [0.25, 0.3) is 5.92 Å². The molecule has 4 nitrogen and oxygen atoms in total. The highest BCUT2D eigenvalue weighted by atomic mass is 19.3. The van der Waals surface area contributed by atoms with E-state index >= 15 is 8.78 Å². The lowest BCUT2D eigenvalue weighted by Crippen LogP contribution is -2.25. The van der Waals surface area contributed by atoms with Gasteiger partial charge in [-0.05, 0) is 70.6 Å². The maximum atomic E-state index is 17.7. The number of nitrogens with zero attached hydrogens (tertiary/aromatic N) is 4. The Hall–Kier alpha value is -7.05. The molecule has 0 saturated carbocycles. The summed E-state index contributed by atoms with van der Waals surface area (Å²) < 4.78 is 177. The van der Waals surface area contributed by atoms with Crippen LogP contribution in [0.3, 0.4) is 0 Å². The summed E-state index contributed by atoms with van der Waals surface area (Å²) in [5, 5.41) is -0.270. The fraction of sp³-hybridized carbons (Fsp3) is 0.113. The monoisotopic (exact) mass is 788 g/mol. The average molecular weight is 789 g/mol. The van der Waals surface area contributed by atoms with Crippen LogP contribution in [0.4, 0.5) is 31.5 Å². The molecule has 3 heterocycles. The molecule has 0 atom stereocenters. The van der Waals surface area contributed by atoms with E-state index in [1.807, 2.05) is 20.8 Å². The summed E-state index contributed by atoms with van der Waals surface area (Å²) in [6.07, 6.45) is 1.50. The van der Waals surface area contributed by atoms with E-state index in [2.05, 4.69) is 4.98 Å². The molecule has 1 aliphatic rings. The summed E-state index contributed by atoms with van der Waals surface area (Å²) in [4.78, 5) is 7.84. The first-order chi connectivity index (χ1) is 35.3. The predicted molar refractivity (Wildman–Crippen MR) is 240 cm³/mol. The molecule has 10 rings (SSSR count). The third-order valence-electron chi connectivity index (χ3n) is 10.5. The molecular weight excluding hydrogens is 731 g/mol. The molecule has 0 unspecified atom stereocenters. The molecule has 0 radical (unpaired) electrons. The quantitative estimate of drug-likeness (QED) is 0.161. The number of halogens is 2. The minimum absolute atomic E-state index is 0.0449. The van der Waals surface area contributed by atoms with Crippen LogP contribution in [0.25, 0.3) is 49.9 Å². The first-order valence-electron chi connectivity index (χ1n) is 26.7. The zero-order valence-corrected chi connectivity index (χ0v) is 31.9. The molecule has 1 aliphatic heterocycles. The first-order valence-corrected chi connectivity index (χ1v) is 18.7. The van der Waals surface area contributed by atoms with Crippen molar-refractivity contribution in [1.29, 1.82) is 0 Å². The van der Waals surface area contributed by atoms with E-state index in [-0.39, 0.29) is 67.9 Å². The molecule has 59 heavy (non-hydrogen) atoms. The lowest BCUT2D eigenvalue weighted by molar-refractivity contribution is 0.0430. The maximum absolute atomic E-state index is 17.7. The molecule has 6 heteroatoms. The van der Waals surface area contributed by atoms with E-state index in [1.165, 1.54) is 41.1 Å². The topological polar surface area (TPSA) is 24.3 Å². The number of aromatic nitrogens is 2. The Kier molecular flexibility index (Phi) is 5.44. The van der Waals surface area contributed by atoms with Gasteiger partial charge >= 0.3 is 0 Å². The number of pyridine rings is 1. The highest BCUT2D eigenvalue weighted by Crippen LogP contribution is 2.50. The van der Waals surface area contributed by atoms with Gasteiger partial charge in [-0.1, -0.05) is 154 Å². The molecule has 0 aliphatic carbocycles. The van der Waals surface area contributed by atoms with Crippen molar-refractivity contribution in [2.24, 2.45) is 0 Å². The second-order valence-corrected chi connectivity index (χ2v) is 15.1. The molecular formula is C53H42F2N4. The Morgan fingerprint density at radius 2 is 1.19 bits per heavy atom. The van der Waals surface area contributed by atoms with Crippen molar-refractivity contribution >= 4 is 44.6 Å². The molecule has 0 spiro atoms. The summed E-state index contributed by atoms with van der Waals surface area (Å²) in [6, 6.07) is 11.1. The fourth-order valence-electron chi connectivity index (χ4n) is 7.65. The van der Waals surface area contributed by atoms with Crippen LogP contribution in [0.15, 0.2) is 188 Å². The number of hydrogen-bond acceptors (Lipinski definition) is 3. The molecule has 2 aromatic heterocycles. The Morgan fingerprint density at radius 3 is 1.88 bits per heavy atom. The number of fused-ring (bicyclic) bond motifs is 4. The van der Waals surface area contributed by atoms with Crippen molar-refractivity contribution < 1.29 is 30.7 Å². The molecule has 0 fully saturated rings. The van der Waals surface area contributed by atoms with Crippen LogP contribution in [0, 0.1) is 0 Å². The summed E-state index contributed by atoms with van der Waals surface area (Å²) in [6.45, 7) is 5.64. The number of anilines is 4. The van der Waals surface area contributed by atoms with E-state index < -0.39 is 119 Å². The predicted octanol–water partition coefficient (Wildman–Crippen LogP) is 14.2. The third-order valence-corrected chi connectivity index (χ3v) is 10.5. The van der Waals surface area contributed by atoms with Gasteiger partial charge in [0.05, 0.1) is 50.0 Å². The SMILES string of the molecule is [2H]c1c([2H])c([2H])c(-c2cccc(-c3c([2H])c([2H])c([2H])c([2H])c3[2H])c2N2CN(c3cccc(C(F)(F)c4cc5c(c([2H])c4[2H])c4c([2H])c([2H])c([2H])c([2H])c4n5-c4cc(C(C)(C)C)ccn4)c3)c3ccccc32)c([2H])c1[2H]. The van der Waals surface area contributed by atoms with Crippen molar-refractivity contribution in [3.63, 3.8) is 0 Å². The van der Waals surface area contributed by atoms with E-state index in [0.717, 1.165) is 17.7 Å². The minimum Gasteiger partial charge on any atom is -0.321 e. The molecule has 0 saturated heterocycles. The van der Waals surface area contributed by atoms with Gasteiger partial charge in [0.2, 0.25) is 0 Å². The Balaban J connectivity index is 1.17. The molecule has 0 N–H and O–H groups in total. The number of benzene rings is 7. The smallest absolute Gasteiger partial charge is 0.298 e. The van der Waals surface area contributed by atoms with Gasteiger partial charge < -0.3 is 9.80 Å². The van der Waals surface area contributed by atoms with E-state index in [4.69, 9.17) is 20.6 Å². The highest BCUT2D eigenvalue weighted by Gasteiger charge is 2.37. The van der Waals surface area contributed by atoms with Gasteiger partial charge in [-0.15, -0.1) is 0 Å². The van der Waals surface area contributed by atoms with Gasteiger partial charge in [-0.25, -0.2) is 4.98 Å². The van der Waals surface area contributed by atoms with Crippen LogP contribution in [0.5, 0.6) is 0 Å². The Bertz CT molecular complexity index is 3800. The van der Waals surface area contributed by atoms with Crippen LogP contribution in [-0.2, 0) is 11.3 Å². The van der Waals surface area contributed by atoms with Gasteiger partial charge in [-0.3, -0.25) is 4.57 Å². The maximum Gasteiger partial charge on any atom is 0.298 e. The normalized spacial score (nSPS) is 16.8. The van der Waals surface area contributed by atoms with E-state index in [0.29, 0.717) is 11.4 Å². The summed E-state index contributed by atoms with van der Waals surface area (Å²) in [5.74, 6) is -3.88. The molecule has 7 aromatic carbocycles. The second-order valence-electron chi connectivity index (χ2n) is 15.1. The van der Waals surface area contributed by atoms with Gasteiger partial charge in [0, 0.05) is 44.9 Å². The number of hydrogen-bond donors (Lipinski definition) is 0. The lowest BCUT2D eigenvalue weighted by atomic mass is 9.88. The zero-order valence-electron chi connectivity index (χ0n) is 47.9. The van der Waals surface area contributed by atoms with Crippen LogP contribution in [-0.4, -0.2) is 16.2 Å². The standard InChI is InChI=1S/C53H42F2N4/c1-52(2,3)38-30-31-56-50(34-38)59-46-25-11-10-22-44(46)45-29-28-40(33-49(45)59)53(54,55)39-20-14-21-41(32-39)57-35-58(48-27-13-12-26-47(48)57)51-42(36-16-6-4-7-17-36)23-15-24-43(51)37-18-8-5-9-19-37/h4-34H,35H2,1-3H3/i4D,5D,6D,7D,8D,9D,10D,11D,16D,17D,18D,19D,22D,25D,28D,29D. The third kappa shape index (κ3) is 6.23. The second kappa shape index (κ2) is 14.1. The van der Waals surface area contributed by atoms with Crippen LogP contribution < -0.4 is 9.80 Å². The van der Waals surface area contributed by atoms with E-state index in [9.17, 15) is 1.37 Å². The minimum atomic E-state index is -4.02. The molecule has 0 amide bonds. The van der Waals surface area contributed by atoms with Crippen LogP contribution >= 0.6 is 0 Å². The Morgan fingerprint density at radius 1 is 0.559 bits per heavy atom. The highest BCUT2D eigenvalue weighted by molar-refractivity contribution is 6.09. The fourth-order valence-corrected chi connectivity index (χ4v) is 7.65. The number of rotatable bonds is 7. The summed E-state index contributed by atoms with van der Waals surface area (Å²) >= 11 is 0. The largest absolute Gasteiger partial charge is 0.321 e. The van der Waals surface area contributed by atoms with Gasteiger partial charge in [0.1, 0.15) is 12.5 Å². The van der Waals surface area contributed by atoms with Gasteiger partial charge in [0.15, 0.2) is 0 Å². The van der Waals surface area contributed by atoms with Crippen LogP contribution in [0.2, 0.25) is 0 Å². The van der Waals surface area contributed by atoms with Crippen molar-refractivity contribution in [1.82, 2.24) is 9.55 Å². The van der Waals surface area contributed by atoms with Gasteiger partial charge in [-0.2, -0.15) is 8.78 Å². The number of para-hydroxylation sites is 4. The van der Waals surface area contributed by atoms with Crippen molar-refractivity contribution in [2.75, 3.05) is 16.5 Å². The molecule has 0 bridgehead atoms.